The van der Waals surface area contributed by atoms with Crippen LogP contribution in [0, 0.1) is 16.7 Å². The summed E-state index contributed by atoms with van der Waals surface area (Å²) in [5.41, 5.74) is 1.93. The maximum atomic E-state index is 11.0. The van der Waals surface area contributed by atoms with E-state index in [1.54, 1.807) is 12.1 Å². The van der Waals surface area contributed by atoms with E-state index in [9.17, 15) is 4.79 Å². The van der Waals surface area contributed by atoms with Crippen LogP contribution in [-0.4, -0.2) is 17.1 Å². The van der Waals surface area contributed by atoms with Crippen LogP contribution in [-0.2, 0) is 0 Å². The Kier molecular flexibility index (Phi) is 3.36. The highest BCUT2D eigenvalue weighted by molar-refractivity contribution is 9.10. The minimum Gasteiger partial charge on any atom is -0.478 e. The van der Waals surface area contributed by atoms with Crippen molar-refractivity contribution >= 4 is 27.6 Å². The highest BCUT2D eigenvalue weighted by Gasteiger charge is 2.59. The molecule has 2 N–H and O–H groups in total. The molecule has 3 unspecified atom stereocenters. The Balaban J connectivity index is 1.88. The van der Waals surface area contributed by atoms with Crippen LogP contribution in [0.5, 0.6) is 0 Å². The predicted molar refractivity (Wildman–Crippen MR) is 87.7 cm³/mol. The molecule has 1 aromatic carbocycles. The van der Waals surface area contributed by atoms with Crippen LogP contribution >= 0.6 is 15.9 Å². The van der Waals surface area contributed by atoms with Crippen LogP contribution in [0.1, 0.15) is 50.4 Å². The van der Waals surface area contributed by atoms with E-state index >= 15 is 0 Å². The van der Waals surface area contributed by atoms with Crippen molar-refractivity contribution in [2.24, 2.45) is 16.7 Å². The average Bonchev–Trinajstić information content (AvgIpc) is 2.87. The second-order valence-corrected chi connectivity index (χ2v) is 8.35. The summed E-state index contributed by atoms with van der Waals surface area (Å²) in [5.74, 6) is -0.105. The Hall–Kier alpha value is -1.03. The first-order chi connectivity index (χ1) is 9.74. The molecule has 2 saturated carbocycles. The summed E-state index contributed by atoms with van der Waals surface area (Å²) in [7, 11) is 0. The van der Waals surface area contributed by atoms with Crippen LogP contribution < -0.4 is 5.32 Å². The molecule has 1 aromatic rings. The highest BCUT2D eigenvalue weighted by Crippen LogP contribution is 2.63. The summed E-state index contributed by atoms with van der Waals surface area (Å²) in [5, 5.41) is 12.8. The number of nitrogens with one attached hydrogen (secondary N) is 1. The lowest BCUT2D eigenvalue weighted by Gasteiger charge is -2.43. The maximum Gasteiger partial charge on any atom is 0.335 e. The zero-order valence-corrected chi connectivity index (χ0v) is 14.3. The molecule has 0 saturated heterocycles. The third-order valence-electron chi connectivity index (χ3n) is 5.79. The van der Waals surface area contributed by atoms with Gasteiger partial charge in [0.05, 0.1) is 5.56 Å². The first-order valence-electron chi connectivity index (χ1n) is 7.53. The number of carboxylic acid groups (broad SMARTS) is 1. The number of carbonyl (C=O) groups is 1. The summed E-state index contributed by atoms with van der Waals surface area (Å²) in [4.78, 5) is 11.0. The van der Waals surface area contributed by atoms with E-state index in [2.05, 4.69) is 42.0 Å². The lowest BCUT2D eigenvalue weighted by atomic mass is 9.68. The summed E-state index contributed by atoms with van der Waals surface area (Å²) in [6.07, 6.45) is 3.91. The van der Waals surface area contributed by atoms with Gasteiger partial charge in [0.1, 0.15) is 0 Å². The van der Waals surface area contributed by atoms with E-state index in [-0.39, 0.29) is 5.41 Å². The third-order valence-corrected chi connectivity index (χ3v) is 6.44. The number of fused-ring (bicyclic) bond motifs is 2. The molecule has 0 spiro atoms. The lowest BCUT2D eigenvalue weighted by Crippen LogP contribution is -2.45. The largest absolute Gasteiger partial charge is 0.478 e. The molecule has 0 aliphatic heterocycles. The van der Waals surface area contributed by atoms with E-state index in [1.165, 1.54) is 19.3 Å². The maximum absolute atomic E-state index is 11.0. The summed E-state index contributed by atoms with van der Waals surface area (Å²) in [6.45, 7) is 7.11. The fourth-order valence-corrected chi connectivity index (χ4v) is 5.08. The quantitative estimate of drug-likeness (QED) is 0.824. The van der Waals surface area contributed by atoms with Gasteiger partial charge in [-0.25, -0.2) is 4.79 Å². The molecular formula is C17H22BrNO2. The Labute approximate surface area is 134 Å². The molecular weight excluding hydrogens is 330 g/mol. The SMILES string of the molecule is CC12CCC(C1)C(C)(C)C2Nc1ccc(C(=O)O)cc1Br. The van der Waals surface area contributed by atoms with E-state index in [1.807, 2.05) is 6.07 Å². The van der Waals surface area contributed by atoms with Gasteiger partial charge in [0, 0.05) is 16.2 Å². The molecule has 0 heterocycles. The fraction of sp³-hybridized carbons (Fsp3) is 0.588. The van der Waals surface area contributed by atoms with Crippen LogP contribution in [0.3, 0.4) is 0 Å². The number of rotatable bonds is 3. The normalized spacial score (nSPS) is 33.1. The Bertz CT molecular complexity index is 594. The monoisotopic (exact) mass is 351 g/mol. The molecule has 2 fully saturated rings. The number of anilines is 1. The highest BCUT2D eigenvalue weighted by atomic mass is 79.9. The average molecular weight is 352 g/mol. The van der Waals surface area contributed by atoms with Crippen molar-refractivity contribution in [3.8, 4) is 0 Å². The first-order valence-corrected chi connectivity index (χ1v) is 8.33. The van der Waals surface area contributed by atoms with E-state index in [0.717, 1.165) is 16.1 Å². The molecule has 3 atom stereocenters. The van der Waals surface area contributed by atoms with Gasteiger partial charge >= 0.3 is 5.97 Å². The summed E-state index contributed by atoms with van der Waals surface area (Å²) < 4.78 is 0.824. The second kappa shape index (κ2) is 4.73. The predicted octanol–water partition coefficient (Wildman–Crippen LogP) is 4.77. The Morgan fingerprint density at radius 1 is 1.38 bits per heavy atom. The summed E-state index contributed by atoms with van der Waals surface area (Å²) in [6, 6.07) is 5.64. The van der Waals surface area contributed by atoms with Gasteiger partial charge in [0.25, 0.3) is 0 Å². The van der Waals surface area contributed by atoms with E-state index in [0.29, 0.717) is 17.0 Å². The number of hydrogen-bond donors (Lipinski definition) is 2. The van der Waals surface area contributed by atoms with Crippen molar-refractivity contribution in [3.63, 3.8) is 0 Å². The number of carboxylic acids is 1. The molecule has 0 aromatic heterocycles. The number of hydrogen-bond acceptors (Lipinski definition) is 2. The molecule has 0 radical (unpaired) electrons. The minimum atomic E-state index is -0.894. The molecule has 2 bridgehead atoms. The molecule has 21 heavy (non-hydrogen) atoms. The van der Waals surface area contributed by atoms with Crippen molar-refractivity contribution in [2.75, 3.05) is 5.32 Å². The molecule has 3 nitrogen and oxygen atoms in total. The van der Waals surface area contributed by atoms with Gasteiger partial charge in [0.2, 0.25) is 0 Å². The van der Waals surface area contributed by atoms with Crippen molar-refractivity contribution in [3.05, 3.63) is 28.2 Å². The van der Waals surface area contributed by atoms with Gasteiger partial charge in [-0.2, -0.15) is 0 Å². The smallest absolute Gasteiger partial charge is 0.335 e. The molecule has 3 rings (SSSR count). The van der Waals surface area contributed by atoms with Crippen LogP contribution in [0.4, 0.5) is 5.69 Å². The van der Waals surface area contributed by atoms with Gasteiger partial charge in [-0.1, -0.05) is 20.8 Å². The lowest BCUT2D eigenvalue weighted by molar-refractivity contribution is 0.0697. The van der Waals surface area contributed by atoms with E-state index < -0.39 is 5.97 Å². The van der Waals surface area contributed by atoms with Gasteiger partial charge in [0.15, 0.2) is 0 Å². The topological polar surface area (TPSA) is 49.3 Å². The Morgan fingerprint density at radius 3 is 2.62 bits per heavy atom. The molecule has 2 aliphatic carbocycles. The second-order valence-electron chi connectivity index (χ2n) is 7.49. The van der Waals surface area contributed by atoms with Gasteiger partial charge in [-0.05, 0) is 70.1 Å². The molecule has 0 amide bonds. The number of benzene rings is 1. The standard InChI is InChI=1S/C17H22BrNO2/c1-16(2)11-6-7-17(3,9-11)15(16)19-13-5-4-10(14(20)21)8-12(13)18/h4-5,8,11,15,19H,6-7,9H2,1-3H3,(H,20,21). The van der Waals surface area contributed by atoms with Crippen LogP contribution in [0.2, 0.25) is 0 Å². The Morgan fingerprint density at radius 2 is 2.10 bits per heavy atom. The molecule has 4 heteroatoms. The summed E-state index contributed by atoms with van der Waals surface area (Å²) >= 11 is 3.51. The molecule has 114 valence electrons. The van der Waals surface area contributed by atoms with Crippen molar-refractivity contribution in [1.29, 1.82) is 0 Å². The van der Waals surface area contributed by atoms with Crippen molar-refractivity contribution in [2.45, 2.75) is 46.1 Å². The zero-order chi connectivity index (χ0) is 15.4. The first kappa shape index (κ1) is 14.9. The molecule has 2 aliphatic rings. The third kappa shape index (κ3) is 2.28. The van der Waals surface area contributed by atoms with Gasteiger partial charge in [-0.3, -0.25) is 0 Å². The number of halogens is 1. The minimum absolute atomic E-state index is 0.276. The van der Waals surface area contributed by atoms with Crippen molar-refractivity contribution < 1.29 is 9.90 Å². The van der Waals surface area contributed by atoms with Crippen LogP contribution in [0.15, 0.2) is 22.7 Å². The fourth-order valence-electron chi connectivity index (χ4n) is 4.58. The van der Waals surface area contributed by atoms with Gasteiger partial charge in [-0.15, -0.1) is 0 Å². The van der Waals surface area contributed by atoms with E-state index in [4.69, 9.17) is 5.11 Å². The number of aromatic carboxylic acids is 1. The van der Waals surface area contributed by atoms with Crippen LogP contribution in [0.25, 0.3) is 0 Å². The zero-order valence-electron chi connectivity index (χ0n) is 12.7. The van der Waals surface area contributed by atoms with Crippen molar-refractivity contribution in [1.82, 2.24) is 0 Å². The van der Waals surface area contributed by atoms with Gasteiger partial charge < -0.3 is 10.4 Å².